The SMILES string of the molecule is CCC(=O)NCCCc1nc2ccccc2n1CCCCOc1ccc(C)cc1C. The highest BCUT2D eigenvalue weighted by Gasteiger charge is 2.10. The molecule has 30 heavy (non-hydrogen) atoms. The van der Waals surface area contributed by atoms with Crippen LogP contribution >= 0.6 is 0 Å². The fourth-order valence-electron chi connectivity index (χ4n) is 3.68. The number of carbonyl (C=O) groups is 1. The predicted molar refractivity (Wildman–Crippen MR) is 122 cm³/mol. The zero-order valence-corrected chi connectivity index (χ0v) is 18.4. The fraction of sp³-hybridized carbons (Fsp3) is 0.440. The highest BCUT2D eigenvalue weighted by Crippen LogP contribution is 2.20. The summed E-state index contributed by atoms with van der Waals surface area (Å²) >= 11 is 0. The lowest BCUT2D eigenvalue weighted by atomic mass is 10.1. The molecule has 0 aliphatic carbocycles. The number of aryl methyl sites for hydroxylation is 4. The number of hydrogen-bond donors (Lipinski definition) is 1. The smallest absolute Gasteiger partial charge is 0.219 e. The Balaban J connectivity index is 1.54. The van der Waals surface area contributed by atoms with Crippen LogP contribution < -0.4 is 10.1 Å². The molecule has 0 saturated carbocycles. The van der Waals surface area contributed by atoms with Crippen molar-refractivity contribution in [1.29, 1.82) is 0 Å². The molecule has 1 aromatic heterocycles. The summed E-state index contributed by atoms with van der Waals surface area (Å²) in [6, 6.07) is 14.6. The Morgan fingerprint density at radius 3 is 2.73 bits per heavy atom. The van der Waals surface area contributed by atoms with Crippen molar-refractivity contribution in [3.8, 4) is 5.75 Å². The number of rotatable bonds is 11. The van der Waals surface area contributed by atoms with E-state index in [0.717, 1.165) is 55.9 Å². The number of nitrogens with zero attached hydrogens (tertiary/aromatic N) is 2. The van der Waals surface area contributed by atoms with E-state index >= 15 is 0 Å². The van der Waals surface area contributed by atoms with Gasteiger partial charge >= 0.3 is 0 Å². The van der Waals surface area contributed by atoms with Crippen molar-refractivity contribution in [3.63, 3.8) is 0 Å². The second-order valence-corrected chi connectivity index (χ2v) is 7.80. The Kier molecular flexibility index (Phi) is 7.89. The van der Waals surface area contributed by atoms with E-state index in [1.165, 1.54) is 16.6 Å². The number of ether oxygens (including phenoxy) is 1. The Labute approximate surface area is 179 Å². The molecule has 160 valence electrons. The number of amides is 1. The van der Waals surface area contributed by atoms with Crippen molar-refractivity contribution in [2.24, 2.45) is 0 Å². The molecular weight excluding hydrogens is 374 g/mol. The van der Waals surface area contributed by atoms with Gasteiger partial charge in [0.15, 0.2) is 0 Å². The molecule has 2 aromatic carbocycles. The highest BCUT2D eigenvalue weighted by molar-refractivity contribution is 5.76. The van der Waals surface area contributed by atoms with Gasteiger partial charge in [0.2, 0.25) is 5.91 Å². The van der Waals surface area contributed by atoms with Gasteiger partial charge in [-0.3, -0.25) is 4.79 Å². The zero-order valence-electron chi connectivity index (χ0n) is 18.4. The number of fused-ring (bicyclic) bond motifs is 1. The molecule has 0 atom stereocenters. The molecule has 5 nitrogen and oxygen atoms in total. The average Bonchev–Trinajstić information content (AvgIpc) is 3.09. The van der Waals surface area contributed by atoms with E-state index in [1.807, 2.05) is 13.0 Å². The van der Waals surface area contributed by atoms with E-state index in [0.29, 0.717) is 13.0 Å². The van der Waals surface area contributed by atoms with Gasteiger partial charge in [-0.15, -0.1) is 0 Å². The Morgan fingerprint density at radius 2 is 1.93 bits per heavy atom. The molecule has 0 aliphatic rings. The standard InChI is InChI=1S/C25H33N3O2/c1-4-25(29)26-15-9-12-24-27-21-10-5-6-11-22(21)28(24)16-7-8-17-30-23-14-13-19(2)18-20(23)3/h5-6,10-11,13-14,18H,4,7-9,12,15-17H2,1-3H3,(H,26,29). The van der Waals surface area contributed by atoms with Crippen LogP contribution in [0.3, 0.4) is 0 Å². The highest BCUT2D eigenvalue weighted by atomic mass is 16.5. The van der Waals surface area contributed by atoms with Gasteiger partial charge in [-0.2, -0.15) is 0 Å². The monoisotopic (exact) mass is 407 g/mol. The molecule has 0 radical (unpaired) electrons. The van der Waals surface area contributed by atoms with E-state index in [9.17, 15) is 4.79 Å². The number of para-hydroxylation sites is 2. The van der Waals surface area contributed by atoms with Crippen molar-refractivity contribution in [2.45, 2.75) is 59.4 Å². The molecule has 3 aromatic rings. The van der Waals surface area contributed by atoms with Crippen molar-refractivity contribution in [3.05, 3.63) is 59.4 Å². The number of benzene rings is 2. The van der Waals surface area contributed by atoms with Crippen LogP contribution in [0.25, 0.3) is 11.0 Å². The summed E-state index contributed by atoms with van der Waals surface area (Å²) in [7, 11) is 0. The molecule has 0 aliphatic heterocycles. The molecule has 0 unspecified atom stereocenters. The Morgan fingerprint density at radius 1 is 1.10 bits per heavy atom. The van der Waals surface area contributed by atoms with Gasteiger partial charge < -0.3 is 14.6 Å². The van der Waals surface area contributed by atoms with Gasteiger partial charge in [0.05, 0.1) is 17.6 Å². The van der Waals surface area contributed by atoms with E-state index in [2.05, 4.69) is 60.1 Å². The molecular formula is C25H33N3O2. The first-order valence-electron chi connectivity index (χ1n) is 11.0. The third-order valence-electron chi connectivity index (χ3n) is 5.32. The van der Waals surface area contributed by atoms with Crippen LogP contribution in [-0.2, 0) is 17.8 Å². The number of imidazole rings is 1. The van der Waals surface area contributed by atoms with Crippen molar-refractivity contribution < 1.29 is 9.53 Å². The molecule has 0 bridgehead atoms. The van der Waals surface area contributed by atoms with Crippen LogP contribution in [0, 0.1) is 13.8 Å². The summed E-state index contributed by atoms with van der Waals surface area (Å²) in [5.74, 6) is 2.17. The van der Waals surface area contributed by atoms with Crippen LogP contribution in [0.5, 0.6) is 5.75 Å². The number of unbranched alkanes of at least 4 members (excludes halogenated alkanes) is 1. The lowest BCUT2D eigenvalue weighted by Gasteiger charge is -2.12. The maximum Gasteiger partial charge on any atom is 0.219 e. The number of aromatic nitrogens is 2. The number of nitrogens with one attached hydrogen (secondary N) is 1. The minimum absolute atomic E-state index is 0.104. The summed E-state index contributed by atoms with van der Waals surface area (Å²) in [6.07, 6.45) is 4.31. The summed E-state index contributed by atoms with van der Waals surface area (Å²) < 4.78 is 8.30. The predicted octanol–water partition coefficient (Wildman–Crippen LogP) is 4.97. The first kappa shape index (κ1) is 21.9. The molecule has 1 N–H and O–H groups in total. The molecule has 1 heterocycles. The van der Waals surface area contributed by atoms with E-state index < -0.39 is 0 Å². The Bertz CT molecular complexity index is 978. The molecule has 5 heteroatoms. The third-order valence-corrected chi connectivity index (χ3v) is 5.32. The van der Waals surface area contributed by atoms with Gasteiger partial charge in [0, 0.05) is 25.9 Å². The van der Waals surface area contributed by atoms with Crippen LogP contribution in [0.2, 0.25) is 0 Å². The van der Waals surface area contributed by atoms with Crippen LogP contribution in [0.4, 0.5) is 0 Å². The molecule has 0 saturated heterocycles. The average molecular weight is 408 g/mol. The van der Waals surface area contributed by atoms with Gasteiger partial charge in [0.1, 0.15) is 11.6 Å². The molecule has 1 amide bonds. The fourth-order valence-corrected chi connectivity index (χ4v) is 3.68. The lowest BCUT2D eigenvalue weighted by molar-refractivity contribution is -0.120. The van der Waals surface area contributed by atoms with Gasteiger partial charge in [-0.05, 0) is 56.9 Å². The summed E-state index contributed by atoms with van der Waals surface area (Å²) in [5.41, 5.74) is 4.67. The van der Waals surface area contributed by atoms with Crippen molar-refractivity contribution in [1.82, 2.24) is 14.9 Å². The van der Waals surface area contributed by atoms with Gasteiger partial charge in [0.25, 0.3) is 0 Å². The second-order valence-electron chi connectivity index (χ2n) is 7.80. The first-order valence-corrected chi connectivity index (χ1v) is 11.0. The first-order chi connectivity index (χ1) is 14.6. The van der Waals surface area contributed by atoms with Gasteiger partial charge in [-0.1, -0.05) is 36.8 Å². The summed E-state index contributed by atoms with van der Waals surface area (Å²) in [6.45, 7) is 8.40. The van der Waals surface area contributed by atoms with Gasteiger partial charge in [-0.25, -0.2) is 4.98 Å². The van der Waals surface area contributed by atoms with Crippen molar-refractivity contribution in [2.75, 3.05) is 13.2 Å². The van der Waals surface area contributed by atoms with Crippen LogP contribution in [0.1, 0.15) is 49.6 Å². The minimum Gasteiger partial charge on any atom is -0.493 e. The van der Waals surface area contributed by atoms with Crippen molar-refractivity contribution >= 4 is 16.9 Å². The molecule has 3 rings (SSSR count). The van der Waals surface area contributed by atoms with E-state index in [1.54, 1.807) is 0 Å². The topological polar surface area (TPSA) is 56.2 Å². The summed E-state index contributed by atoms with van der Waals surface area (Å²) in [5, 5.41) is 2.95. The number of hydrogen-bond acceptors (Lipinski definition) is 3. The normalized spacial score (nSPS) is 11.0. The van der Waals surface area contributed by atoms with E-state index in [4.69, 9.17) is 9.72 Å². The third kappa shape index (κ3) is 5.85. The van der Waals surface area contributed by atoms with E-state index in [-0.39, 0.29) is 5.91 Å². The van der Waals surface area contributed by atoms with Crippen LogP contribution in [-0.4, -0.2) is 28.6 Å². The lowest BCUT2D eigenvalue weighted by Crippen LogP contribution is -2.23. The summed E-state index contributed by atoms with van der Waals surface area (Å²) in [4.78, 5) is 16.3. The molecule has 0 spiro atoms. The Hall–Kier alpha value is -2.82. The second kappa shape index (κ2) is 10.8. The number of carbonyl (C=O) groups excluding carboxylic acids is 1. The zero-order chi connectivity index (χ0) is 21.3. The largest absolute Gasteiger partial charge is 0.493 e. The quantitative estimate of drug-likeness (QED) is 0.457. The minimum atomic E-state index is 0.104. The maximum absolute atomic E-state index is 11.4. The molecule has 0 fully saturated rings. The van der Waals surface area contributed by atoms with Crippen LogP contribution in [0.15, 0.2) is 42.5 Å². The maximum atomic E-state index is 11.4.